The predicted molar refractivity (Wildman–Crippen MR) is 64.3 cm³/mol. The fourth-order valence-corrected chi connectivity index (χ4v) is 1.74. The van der Waals surface area contributed by atoms with E-state index in [9.17, 15) is 13.6 Å². The maximum absolute atomic E-state index is 13.3. The zero-order valence-corrected chi connectivity index (χ0v) is 10.2. The molecule has 0 saturated carbocycles. The highest BCUT2D eigenvalue weighted by Gasteiger charge is 2.21. The van der Waals surface area contributed by atoms with Crippen LogP contribution in [0.3, 0.4) is 0 Å². The van der Waals surface area contributed by atoms with Gasteiger partial charge in [-0.25, -0.2) is 13.6 Å². The Morgan fingerprint density at radius 1 is 1.24 bits per heavy atom. The number of hydrogen-bond acceptors (Lipinski definition) is 5. The Morgan fingerprint density at radius 2 is 2.00 bits per heavy atom. The second-order valence-electron chi connectivity index (χ2n) is 4.02. The zero-order valence-electron chi connectivity index (χ0n) is 10.2. The minimum absolute atomic E-state index is 0.0658. The van der Waals surface area contributed by atoms with E-state index in [-0.39, 0.29) is 17.3 Å². The van der Waals surface area contributed by atoms with Crippen molar-refractivity contribution in [3.8, 4) is 23.0 Å². The van der Waals surface area contributed by atoms with Gasteiger partial charge in [0.25, 0.3) is 5.89 Å². The molecule has 21 heavy (non-hydrogen) atoms. The second-order valence-corrected chi connectivity index (χ2v) is 4.02. The highest BCUT2D eigenvalue weighted by Crippen LogP contribution is 2.27. The Hall–Kier alpha value is -3.03. The van der Waals surface area contributed by atoms with Crippen LogP contribution >= 0.6 is 0 Å². The van der Waals surface area contributed by atoms with E-state index < -0.39 is 23.2 Å². The first-order valence-corrected chi connectivity index (χ1v) is 5.66. The van der Waals surface area contributed by atoms with E-state index in [0.29, 0.717) is 17.9 Å². The van der Waals surface area contributed by atoms with Crippen LogP contribution in [0.2, 0.25) is 0 Å². The van der Waals surface area contributed by atoms with Crippen LogP contribution in [0.4, 0.5) is 8.78 Å². The van der Waals surface area contributed by atoms with E-state index >= 15 is 0 Å². The summed E-state index contributed by atoms with van der Waals surface area (Å²) in [4.78, 5) is 15.0. The van der Waals surface area contributed by atoms with E-state index in [0.717, 1.165) is 0 Å². The van der Waals surface area contributed by atoms with Crippen molar-refractivity contribution in [2.45, 2.75) is 0 Å². The van der Waals surface area contributed by atoms with E-state index in [1.54, 1.807) is 12.1 Å². The number of aromatic nitrogens is 2. The largest absolute Gasteiger partial charge is 0.478 e. The SMILES string of the molecule is O=C(O)c1cc(F)c(F)cc1-c1nc(-c2ccco2)no1. The lowest BCUT2D eigenvalue weighted by atomic mass is 10.1. The lowest BCUT2D eigenvalue weighted by molar-refractivity contribution is 0.0696. The highest BCUT2D eigenvalue weighted by atomic mass is 19.2. The van der Waals surface area contributed by atoms with Crippen molar-refractivity contribution in [1.82, 2.24) is 10.1 Å². The number of aromatic carboxylic acids is 1. The molecule has 6 nitrogen and oxygen atoms in total. The van der Waals surface area contributed by atoms with Gasteiger partial charge in [0.2, 0.25) is 5.82 Å². The molecule has 0 fully saturated rings. The molecule has 2 heterocycles. The van der Waals surface area contributed by atoms with Crippen molar-refractivity contribution in [3.63, 3.8) is 0 Å². The standard InChI is InChI=1S/C13H6F2N2O4/c14-8-4-6(7(13(18)19)5-9(8)15)12-16-11(17-21-12)10-2-1-3-20-10/h1-5H,(H,18,19). The second kappa shape index (κ2) is 4.82. The molecule has 0 aliphatic heterocycles. The Bertz CT molecular complexity index is 812. The van der Waals surface area contributed by atoms with E-state index in [4.69, 9.17) is 14.0 Å². The Labute approximate surface area is 115 Å². The van der Waals surface area contributed by atoms with Gasteiger partial charge in [-0.3, -0.25) is 0 Å². The lowest BCUT2D eigenvalue weighted by Gasteiger charge is -2.02. The molecule has 0 aliphatic rings. The fourth-order valence-electron chi connectivity index (χ4n) is 1.74. The minimum atomic E-state index is -1.44. The van der Waals surface area contributed by atoms with E-state index in [1.165, 1.54) is 6.26 Å². The molecule has 0 radical (unpaired) electrons. The first-order chi connectivity index (χ1) is 10.1. The number of carboxylic acid groups (broad SMARTS) is 1. The lowest BCUT2D eigenvalue weighted by Crippen LogP contribution is -2.02. The van der Waals surface area contributed by atoms with Gasteiger partial charge >= 0.3 is 5.97 Å². The summed E-state index contributed by atoms with van der Waals surface area (Å²) in [5, 5.41) is 12.6. The van der Waals surface area contributed by atoms with Crippen LogP contribution in [0.5, 0.6) is 0 Å². The molecule has 0 atom stereocenters. The molecule has 106 valence electrons. The van der Waals surface area contributed by atoms with Crippen LogP contribution in [0, 0.1) is 11.6 Å². The third kappa shape index (κ3) is 2.27. The molecule has 0 amide bonds. The van der Waals surface area contributed by atoms with Gasteiger partial charge < -0.3 is 14.0 Å². The van der Waals surface area contributed by atoms with Crippen LogP contribution in [-0.4, -0.2) is 21.2 Å². The average molecular weight is 292 g/mol. The third-order valence-corrected chi connectivity index (χ3v) is 2.69. The molecule has 0 bridgehead atoms. The van der Waals surface area contributed by atoms with Crippen LogP contribution in [0.1, 0.15) is 10.4 Å². The number of carboxylic acids is 1. The van der Waals surface area contributed by atoms with Gasteiger partial charge in [0, 0.05) is 0 Å². The quantitative estimate of drug-likeness (QED) is 0.798. The zero-order chi connectivity index (χ0) is 15.0. The van der Waals surface area contributed by atoms with Crippen LogP contribution < -0.4 is 0 Å². The predicted octanol–water partition coefficient (Wildman–Crippen LogP) is 2.97. The summed E-state index contributed by atoms with van der Waals surface area (Å²) in [6.07, 6.45) is 1.39. The minimum Gasteiger partial charge on any atom is -0.478 e. The monoisotopic (exact) mass is 292 g/mol. The molecule has 1 N–H and O–H groups in total. The van der Waals surface area contributed by atoms with Crippen LogP contribution in [0.25, 0.3) is 23.0 Å². The van der Waals surface area contributed by atoms with Gasteiger partial charge in [-0.1, -0.05) is 5.16 Å². The van der Waals surface area contributed by atoms with Crippen molar-refractivity contribution in [3.05, 3.63) is 47.7 Å². The maximum atomic E-state index is 13.3. The first-order valence-electron chi connectivity index (χ1n) is 5.66. The summed E-state index contributed by atoms with van der Waals surface area (Å²) in [5.41, 5.74) is -0.699. The molecule has 1 aromatic carbocycles. The van der Waals surface area contributed by atoms with E-state index in [1.807, 2.05) is 0 Å². The maximum Gasteiger partial charge on any atom is 0.336 e. The van der Waals surface area contributed by atoms with Gasteiger partial charge in [0.15, 0.2) is 17.4 Å². The average Bonchev–Trinajstić information content (AvgIpc) is 3.10. The number of nitrogens with zero attached hydrogens (tertiary/aromatic N) is 2. The van der Waals surface area contributed by atoms with Crippen LogP contribution in [-0.2, 0) is 0 Å². The number of rotatable bonds is 3. The molecule has 3 rings (SSSR count). The summed E-state index contributed by atoms with van der Waals surface area (Å²) in [5.74, 6) is -3.82. The topological polar surface area (TPSA) is 89.4 Å². The van der Waals surface area contributed by atoms with Gasteiger partial charge in [-0.15, -0.1) is 0 Å². The summed E-state index contributed by atoms with van der Waals surface area (Å²) in [6.45, 7) is 0. The third-order valence-electron chi connectivity index (χ3n) is 2.69. The Kier molecular flexibility index (Phi) is 2.98. The van der Waals surface area contributed by atoms with Crippen molar-refractivity contribution in [1.29, 1.82) is 0 Å². The van der Waals surface area contributed by atoms with Crippen molar-refractivity contribution >= 4 is 5.97 Å². The number of benzene rings is 1. The van der Waals surface area contributed by atoms with Gasteiger partial charge in [0.05, 0.1) is 17.4 Å². The Balaban J connectivity index is 2.12. The molecule has 0 aliphatic carbocycles. The summed E-state index contributed by atoms with van der Waals surface area (Å²) >= 11 is 0. The van der Waals surface area contributed by atoms with Crippen molar-refractivity contribution in [2.24, 2.45) is 0 Å². The Morgan fingerprint density at radius 3 is 2.67 bits per heavy atom. The van der Waals surface area contributed by atoms with Gasteiger partial charge in [0.1, 0.15) is 0 Å². The summed E-state index contributed by atoms with van der Waals surface area (Å²) in [7, 11) is 0. The molecule has 2 aromatic heterocycles. The fraction of sp³-hybridized carbons (Fsp3) is 0. The molecular weight excluding hydrogens is 286 g/mol. The molecule has 3 aromatic rings. The summed E-state index contributed by atoms with van der Waals surface area (Å²) in [6, 6.07) is 4.42. The first kappa shape index (κ1) is 13.0. The number of carbonyl (C=O) groups is 1. The molecule has 8 heteroatoms. The number of furan rings is 1. The normalized spacial score (nSPS) is 10.8. The summed E-state index contributed by atoms with van der Waals surface area (Å²) < 4.78 is 36.4. The number of halogens is 2. The molecule has 0 saturated heterocycles. The van der Waals surface area contributed by atoms with Gasteiger partial charge in [-0.05, 0) is 24.3 Å². The van der Waals surface area contributed by atoms with E-state index in [2.05, 4.69) is 10.1 Å². The van der Waals surface area contributed by atoms with Crippen molar-refractivity contribution in [2.75, 3.05) is 0 Å². The number of hydrogen-bond donors (Lipinski definition) is 1. The molecular formula is C13H6F2N2O4. The molecule has 0 unspecified atom stereocenters. The smallest absolute Gasteiger partial charge is 0.336 e. The van der Waals surface area contributed by atoms with Crippen LogP contribution in [0.15, 0.2) is 39.5 Å². The molecule has 0 spiro atoms. The highest BCUT2D eigenvalue weighted by molar-refractivity contribution is 5.94. The van der Waals surface area contributed by atoms with Gasteiger partial charge in [-0.2, -0.15) is 4.98 Å². The van der Waals surface area contributed by atoms with Crippen molar-refractivity contribution < 1.29 is 27.6 Å².